The van der Waals surface area contributed by atoms with E-state index in [-0.39, 0.29) is 5.97 Å². The van der Waals surface area contributed by atoms with Gasteiger partial charge in [-0.2, -0.15) is 0 Å². The van der Waals surface area contributed by atoms with Crippen LogP contribution in [0, 0.1) is 0 Å². The molecule has 3 nitrogen and oxygen atoms in total. The van der Waals surface area contributed by atoms with Gasteiger partial charge in [-0.1, -0.05) is 38.3 Å². The summed E-state index contributed by atoms with van der Waals surface area (Å²) in [6.07, 6.45) is 7.67. The molecular formula is C17H24O3. The topological polar surface area (TPSA) is 35.5 Å². The molecule has 0 aliphatic heterocycles. The van der Waals surface area contributed by atoms with Gasteiger partial charge in [-0.05, 0) is 36.1 Å². The number of benzene rings is 1. The second kappa shape index (κ2) is 9.18. The molecule has 0 amide bonds. The number of methoxy groups -OCH3 is 2. The van der Waals surface area contributed by atoms with Crippen LogP contribution in [0.2, 0.25) is 0 Å². The number of ether oxygens (including phenoxy) is 2. The van der Waals surface area contributed by atoms with Gasteiger partial charge in [0.15, 0.2) is 0 Å². The van der Waals surface area contributed by atoms with Crippen molar-refractivity contribution < 1.29 is 14.3 Å². The maximum atomic E-state index is 11.4. The van der Waals surface area contributed by atoms with E-state index in [1.165, 1.54) is 31.9 Å². The highest BCUT2D eigenvalue weighted by molar-refractivity contribution is 5.89. The Balaban J connectivity index is 2.72. The van der Waals surface area contributed by atoms with E-state index in [4.69, 9.17) is 9.47 Å². The first-order chi connectivity index (χ1) is 9.72. The molecule has 0 aliphatic rings. The van der Waals surface area contributed by atoms with Gasteiger partial charge in [0.2, 0.25) is 0 Å². The van der Waals surface area contributed by atoms with Gasteiger partial charge in [0.1, 0.15) is 0 Å². The summed E-state index contributed by atoms with van der Waals surface area (Å²) in [6, 6.07) is 7.46. The highest BCUT2D eigenvalue weighted by Crippen LogP contribution is 2.22. The van der Waals surface area contributed by atoms with Crippen molar-refractivity contribution >= 4 is 11.5 Å². The van der Waals surface area contributed by atoms with Crippen LogP contribution in [-0.2, 0) is 9.47 Å². The molecule has 0 aromatic heterocycles. The number of unbranched alkanes of at least 4 members (excludes halogenated alkanes) is 3. The van der Waals surface area contributed by atoms with Crippen LogP contribution >= 0.6 is 0 Å². The number of esters is 1. The van der Waals surface area contributed by atoms with Crippen LogP contribution in [0.3, 0.4) is 0 Å². The van der Waals surface area contributed by atoms with Gasteiger partial charge in [0.05, 0.1) is 26.0 Å². The molecule has 0 spiro atoms. The molecule has 0 saturated carbocycles. The van der Waals surface area contributed by atoms with Crippen molar-refractivity contribution in [3.05, 3.63) is 41.7 Å². The SMILES string of the molecule is CCCCCC/C(=C/OC)c1ccc(C(=O)OC)cc1. The van der Waals surface area contributed by atoms with Crippen molar-refractivity contribution in [1.29, 1.82) is 0 Å². The zero-order chi connectivity index (χ0) is 14.8. The smallest absolute Gasteiger partial charge is 0.337 e. The molecule has 0 fully saturated rings. The number of allylic oxidation sites excluding steroid dienone is 1. The van der Waals surface area contributed by atoms with Gasteiger partial charge >= 0.3 is 5.97 Å². The fourth-order valence-corrected chi connectivity index (χ4v) is 2.09. The van der Waals surface area contributed by atoms with Gasteiger partial charge in [0.25, 0.3) is 0 Å². The number of carbonyl (C=O) groups excluding carboxylic acids is 1. The summed E-state index contributed by atoms with van der Waals surface area (Å²) in [5.74, 6) is -0.309. The molecule has 0 radical (unpaired) electrons. The first-order valence-corrected chi connectivity index (χ1v) is 7.13. The summed E-state index contributed by atoms with van der Waals surface area (Å²) < 4.78 is 9.86. The zero-order valence-electron chi connectivity index (χ0n) is 12.6. The summed E-state index contributed by atoms with van der Waals surface area (Å²) in [7, 11) is 3.05. The van der Waals surface area contributed by atoms with Crippen LogP contribution < -0.4 is 0 Å². The van der Waals surface area contributed by atoms with Crippen LogP contribution in [0.1, 0.15) is 54.9 Å². The lowest BCUT2D eigenvalue weighted by atomic mass is 9.99. The predicted octanol–water partition coefficient (Wildman–Crippen LogP) is 4.43. The standard InChI is InChI=1S/C17H24O3/c1-4-5-6-7-8-16(13-19-2)14-9-11-15(12-10-14)17(18)20-3/h9-13H,4-8H2,1-3H3/b16-13-. The molecule has 3 heteroatoms. The normalized spacial score (nSPS) is 11.2. The molecule has 1 rings (SSSR count). The molecule has 0 aliphatic carbocycles. The Morgan fingerprint density at radius 2 is 1.70 bits per heavy atom. The lowest BCUT2D eigenvalue weighted by Gasteiger charge is -2.08. The Hall–Kier alpha value is -1.77. The fraction of sp³-hybridized carbons (Fsp3) is 0.471. The van der Waals surface area contributed by atoms with Gasteiger partial charge in [-0.25, -0.2) is 4.79 Å². The lowest BCUT2D eigenvalue weighted by Crippen LogP contribution is -2.00. The number of rotatable bonds is 8. The molecule has 1 aromatic rings. The third kappa shape index (κ3) is 5.08. The summed E-state index contributed by atoms with van der Waals surface area (Å²) in [4.78, 5) is 11.4. The Bertz CT molecular complexity index is 432. The van der Waals surface area contributed by atoms with Gasteiger partial charge in [-0.15, -0.1) is 0 Å². The number of carbonyl (C=O) groups is 1. The molecule has 0 atom stereocenters. The molecule has 110 valence electrons. The zero-order valence-corrected chi connectivity index (χ0v) is 12.6. The first kappa shape index (κ1) is 16.3. The van der Waals surface area contributed by atoms with Crippen LogP contribution in [-0.4, -0.2) is 20.2 Å². The van der Waals surface area contributed by atoms with E-state index in [0.29, 0.717) is 5.56 Å². The highest BCUT2D eigenvalue weighted by Gasteiger charge is 2.07. The largest absolute Gasteiger partial charge is 0.504 e. The molecule has 0 unspecified atom stereocenters. The summed E-state index contributed by atoms with van der Waals surface area (Å²) in [6.45, 7) is 2.21. The van der Waals surface area contributed by atoms with Crippen molar-refractivity contribution in [2.75, 3.05) is 14.2 Å². The maximum Gasteiger partial charge on any atom is 0.337 e. The van der Waals surface area contributed by atoms with E-state index in [1.54, 1.807) is 25.5 Å². The second-order valence-corrected chi connectivity index (χ2v) is 4.76. The van der Waals surface area contributed by atoms with E-state index < -0.39 is 0 Å². The number of hydrogen-bond acceptors (Lipinski definition) is 3. The summed E-state index contributed by atoms with van der Waals surface area (Å²) in [5, 5.41) is 0. The van der Waals surface area contributed by atoms with Gasteiger partial charge in [0, 0.05) is 0 Å². The van der Waals surface area contributed by atoms with Crippen LogP contribution in [0.15, 0.2) is 30.5 Å². The monoisotopic (exact) mass is 276 g/mol. The highest BCUT2D eigenvalue weighted by atomic mass is 16.5. The fourth-order valence-electron chi connectivity index (χ4n) is 2.09. The lowest BCUT2D eigenvalue weighted by molar-refractivity contribution is 0.0600. The molecule has 0 saturated heterocycles. The van der Waals surface area contributed by atoms with Crippen LogP contribution in [0.25, 0.3) is 5.57 Å². The van der Waals surface area contributed by atoms with Crippen molar-refractivity contribution in [3.8, 4) is 0 Å². The van der Waals surface area contributed by atoms with E-state index in [2.05, 4.69) is 6.92 Å². The number of hydrogen-bond donors (Lipinski definition) is 0. The van der Waals surface area contributed by atoms with Gasteiger partial charge in [-0.3, -0.25) is 0 Å². The van der Waals surface area contributed by atoms with E-state index >= 15 is 0 Å². The van der Waals surface area contributed by atoms with Crippen LogP contribution in [0.4, 0.5) is 0 Å². The van der Waals surface area contributed by atoms with E-state index in [0.717, 1.165) is 18.4 Å². The van der Waals surface area contributed by atoms with Crippen molar-refractivity contribution in [3.63, 3.8) is 0 Å². The third-order valence-electron chi connectivity index (χ3n) is 3.24. The Morgan fingerprint density at radius 1 is 1.05 bits per heavy atom. The summed E-state index contributed by atoms with van der Waals surface area (Å²) >= 11 is 0. The molecule has 0 N–H and O–H groups in total. The molecule has 0 bridgehead atoms. The Kier molecular flexibility index (Phi) is 7.48. The molecule has 0 heterocycles. The van der Waals surface area contributed by atoms with E-state index in [9.17, 15) is 4.79 Å². The average molecular weight is 276 g/mol. The summed E-state index contributed by atoms with van der Waals surface area (Å²) in [5.41, 5.74) is 2.83. The molecular weight excluding hydrogens is 252 g/mol. The van der Waals surface area contributed by atoms with Crippen LogP contribution in [0.5, 0.6) is 0 Å². The Labute approximate surface area is 121 Å². The molecule has 20 heavy (non-hydrogen) atoms. The van der Waals surface area contributed by atoms with Crippen molar-refractivity contribution in [2.45, 2.75) is 39.0 Å². The average Bonchev–Trinajstić information content (AvgIpc) is 2.50. The minimum Gasteiger partial charge on any atom is -0.504 e. The van der Waals surface area contributed by atoms with Crippen molar-refractivity contribution in [1.82, 2.24) is 0 Å². The Morgan fingerprint density at radius 3 is 2.25 bits per heavy atom. The van der Waals surface area contributed by atoms with Gasteiger partial charge < -0.3 is 9.47 Å². The maximum absolute atomic E-state index is 11.4. The predicted molar refractivity (Wildman–Crippen MR) is 81.5 cm³/mol. The second-order valence-electron chi connectivity index (χ2n) is 4.76. The minimum absolute atomic E-state index is 0.309. The molecule has 1 aromatic carbocycles. The minimum atomic E-state index is -0.309. The first-order valence-electron chi connectivity index (χ1n) is 7.13. The quantitative estimate of drug-likeness (QED) is 0.400. The third-order valence-corrected chi connectivity index (χ3v) is 3.24. The van der Waals surface area contributed by atoms with Crippen molar-refractivity contribution in [2.24, 2.45) is 0 Å². The van der Waals surface area contributed by atoms with E-state index in [1.807, 2.05) is 12.1 Å².